The molecule has 0 saturated heterocycles. The minimum absolute atomic E-state index is 0. The Balaban J connectivity index is 0.00000592. The average Bonchev–Trinajstić information content (AvgIpc) is 3.26. The molecule has 4 aliphatic rings. The monoisotopic (exact) mass is 959 g/mol. The number of anilines is 6. The van der Waals surface area contributed by atoms with Crippen molar-refractivity contribution in [2.75, 3.05) is 32.7 Å². The molecule has 5 aromatic rings. The van der Waals surface area contributed by atoms with Crippen molar-refractivity contribution in [1.82, 2.24) is 15.0 Å². The lowest BCUT2D eigenvalue weighted by Gasteiger charge is -2.33. The van der Waals surface area contributed by atoms with E-state index < -0.39 is 59.6 Å². The Morgan fingerprint density at radius 1 is 0.515 bits per heavy atom. The van der Waals surface area contributed by atoms with Crippen LogP contribution >= 0.6 is 22.5 Å². The van der Waals surface area contributed by atoms with Crippen molar-refractivity contribution in [1.29, 1.82) is 0 Å². The number of nitrogen functional groups attached to an aromatic ring is 2. The molecule has 0 radical (unpaired) electrons. The van der Waals surface area contributed by atoms with Gasteiger partial charge < -0.3 is 46.4 Å². The highest BCUT2D eigenvalue weighted by Gasteiger charge is 2.39. The van der Waals surface area contributed by atoms with Gasteiger partial charge in [0.2, 0.25) is 17.2 Å². The van der Waals surface area contributed by atoms with Crippen molar-refractivity contribution >= 4 is 90.4 Å². The number of benzene rings is 4. The maximum atomic E-state index is 13.8. The Labute approximate surface area is 385 Å². The third-order valence-corrected chi connectivity index (χ3v) is 14.4. The molecule has 0 bridgehead atoms. The van der Waals surface area contributed by atoms with E-state index in [1.807, 2.05) is 0 Å². The Morgan fingerprint density at radius 3 is 1.18 bits per heavy atom. The number of rotatable bonds is 10. The number of ketones is 4. The summed E-state index contributed by atoms with van der Waals surface area (Å²) in [6.45, 7) is 0. The molecule has 2 fully saturated rings. The molecule has 346 valence electrons. The van der Waals surface area contributed by atoms with E-state index in [1.165, 1.54) is 24.3 Å². The van der Waals surface area contributed by atoms with Crippen LogP contribution < -0.4 is 32.7 Å². The van der Waals surface area contributed by atoms with Crippen LogP contribution in [0.3, 0.4) is 0 Å². The number of carbonyl (C=O) groups excluding carboxylic acids is 4. The van der Waals surface area contributed by atoms with E-state index in [1.54, 1.807) is 30.3 Å². The Morgan fingerprint density at radius 2 is 0.833 bits per heavy atom. The third kappa shape index (κ3) is 8.54. The van der Waals surface area contributed by atoms with Crippen molar-refractivity contribution in [2.24, 2.45) is 0 Å². The fourth-order valence-corrected chi connectivity index (χ4v) is 10.8. The fraction of sp³-hybridized carbons (Fsp3) is 0.295. The Kier molecular flexibility index (Phi) is 12.3. The smallest absolute Gasteiger partial charge is 0.296 e. The van der Waals surface area contributed by atoms with Crippen LogP contribution in [0.5, 0.6) is 0 Å². The van der Waals surface area contributed by atoms with Crippen LogP contribution in [0.2, 0.25) is 5.28 Å². The second kappa shape index (κ2) is 17.5. The van der Waals surface area contributed by atoms with Crippen LogP contribution in [0.1, 0.15) is 122 Å². The lowest BCUT2D eigenvalue weighted by atomic mass is 9.82. The lowest BCUT2D eigenvalue weighted by molar-refractivity contribution is 0.0980. The SMILES string of the molecule is C.Nc1c(S(O)(O)O)cc(NC2CCC(Nc3nc(Cl)nc(NC4CCC(Nc5cc(S(=O)(=O)O)c(N)c6c5C(=O)c5ccccc5C6=O)CC4)n3)CC2)c2c1C(=O)c1ccccc1C2=O. The number of nitrogens with two attached hydrogens (primary N) is 2. The van der Waals surface area contributed by atoms with Gasteiger partial charge in [0.15, 0.2) is 23.1 Å². The molecule has 0 amide bonds. The van der Waals surface area contributed by atoms with Crippen molar-refractivity contribution in [3.63, 3.8) is 0 Å². The zero-order chi connectivity index (χ0) is 46.1. The van der Waals surface area contributed by atoms with Gasteiger partial charge in [-0.3, -0.25) is 23.7 Å². The number of fused-ring (bicyclic) bond motifs is 4. The molecular formula is C44H46ClN9O10S2. The average molecular weight is 960 g/mol. The van der Waals surface area contributed by atoms with Gasteiger partial charge in [0.25, 0.3) is 10.1 Å². The first-order valence-electron chi connectivity index (χ1n) is 20.6. The van der Waals surface area contributed by atoms with Gasteiger partial charge in [0, 0.05) is 57.8 Å². The topological polar surface area (TPSA) is 322 Å². The highest BCUT2D eigenvalue weighted by Crippen LogP contribution is 2.52. The summed E-state index contributed by atoms with van der Waals surface area (Å²) in [5.74, 6) is -1.66. The quantitative estimate of drug-likeness (QED) is 0.0472. The molecule has 2 saturated carbocycles. The molecule has 0 aliphatic heterocycles. The van der Waals surface area contributed by atoms with Crippen LogP contribution in [0.25, 0.3) is 0 Å². The summed E-state index contributed by atoms with van der Waals surface area (Å²) in [5, 5.41) is 13.2. The largest absolute Gasteiger partial charge is 0.397 e. The van der Waals surface area contributed by atoms with Gasteiger partial charge in [-0.1, -0.05) is 56.0 Å². The van der Waals surface area contributed by atoms with Crippen LogP contribution in [-0.2, 0) is 10.1 Å². The highest BCUT2D eigenvalue weighted by molar-refractivity contribution is 8.19. The standard InChI is InChI=1S/C43H42ClN9O10S2.CH4/c44-41-51-42(49-21-13-9-19(10-14-21)47-27-17-29(64(58,59)60)35(45)33-31(27)37(54)23-5-1-3-7-25(23)39(33)56)53-43(52-41)50-22-15-11-20(12-16-22)48-28-18-30(65(61,62)63)36(46)34-32(28)38(55)24-6-2-4-8-26(24)40(34)57;/h1-8,17-22,47-48,58-60H,9-16,45-46H2,(H,61,62,63)(H2,49,50,51,52,53);1H4. The van der Waals surface area contributed by atoms with Crippen molar-refractivity contribution < 1.29 is 45.8 Å². The zero-order valence-electron chi connectivity index (χ0n) is 34.2. The van der Waals surface area contributed by atoms with Crippen LogP contribution in [-0.4, -0.2) is 88.9 Å². The van der Waals surface area contributed by atoms with Crippen molar-refractivity contribution in [3.05, 3.63) is 110 Å². The van der Waals surface area contributed by atoms with E-state index >= 15 is 0 Å². The van der Waals surface area contributed by atoms with Gasteiger partial charge in [-0.15, -0.1) is 0 Å². The number of carbonyl (C=O) groups is 4. The van der Waals surface area contributed by atoms with Gasteiger partial charge in [-0.05, 0) is 75.1 Å². The van der Waals surface area contributed by atoms with Gasteiger partial charge in [-0.2, -0.15) is 23.4 Å². The number of nitrogens with one attached hydrogen (secondary N) is 4. The minimum Gasteiger partial charge on any atom is -0.397 e. The predicted octanol–water partition coefficient (Wildman–Crippen LogP) is 7.38. The van der Waals surface area contributed by atoms with Gasteiger partial charge in [0.05, 0.1) is 38.5 Å². The van der Waals surface area contributed by atoms with Crippen LogP contribution in [0.15, 0.2) is 70.5 Å². The van der Waals surface area contributed by atoms with E-state index in [9.17, 15) is 45.8 Å². The molecule has 0 atom stereocenters. The molecule has 1 heterocycles. The number of nitrogens with zero attached hydrogens (tertiary/aromatic N) is 3. The second-order valence-electron chi connectivity index (χ2n) is 16.5. The second-order valence-corrected chi connectivity index (χ2v) is 19.7. The van der Waals surface area contributed by atoms with Crippen LogP contribution in [0, 0.1) is 0 Å². The summed E-state index contributed by atoms with van der Waals surface area (Å²) in [4.78, 5) is 66.7. The molecule has 19 nitrogen and oxygen atoms in total. The summed E-state index contributed by atoms with van der Waals surface area (Å²) in [6, 6.07) is 14.1. The summed E-state index contributed by atoms with van der Waals surface area (Å²) < 4.78 is 65.4. The molecule has 66 heavy (non-hydrogen) atoms. The predicted molar refractivity (Wildman–Crippen MR) is 250 cm³/mol. The maximum absolute atomic E-state index is 13.8. The molecule has 12 N–H and O–H groups in total. The van der Waals surface area contributed by atoms with E-state index in [-0.39, 0.29) is 110 Å². The fourth-order valence-electron chi connectivity index (χ4n) is 9.30. The van der Waals surface area contributed by atoms with Gasteiger partial charge in [0.1, 0.15) is 15.8 Å². The molecule has 1 aromatic heterocycles. The molecule has 4 aliphatic carbocycles. The lowest BCUT2D eigenvalue weighted by Crippen LogP contribution is -2.35. The summed E-state index contributed by atoms with van der Waals surface area (Å²) in [7, 11) is -9.23. The number of aromatic nitrogens is 3. The van der Waals surface area contributed by atoms with Crippen LogP contribution in [0.4, 0.5) is 34.6 Å². The van der Waals surface area contributed by atoms with E-state index in [0.717, 1.165) is 6.07 Å². The molecular weight excluding hydrogens is 914 g/mol. The van der Waals surface area contributed by atoms with Gasteiger partial charge >= 0.3 is 0 Å². The van der Waals surface area contributed by atoms with Crippen molar-refractivity contribution in [3.8, 4) is 0 Å². The summed E-state index contributed by atoms with van der Waals surface area (Å²) >= 11 is 6.35. The third-order valence-electron chi connectivity index (χ3n) is 12.4. The number of halogens is 1. The Hall–Kier alpha value is -6.20. The van der Waals surface area contributed by atoms with E-state index in [0.29, 0.717) is 51.4 Å². The van der Waals surface area contributed by atoms with E-state index in [4.69, 9.17) is 23.1 Å². The summed E-state index contributed by atoms with van der Waals surface area (Å²) in [5.41, 5.74) is 11.7. The number of hydrogen-bond donors (Lipinski definition) is 10. The first-order chi connectivity index (χ1) is 30.9. The first-order valence-corrected chi connectivity index (χ1v) is 23.9. The normalized spacial score (nSPS) is 20.5. The molecule has 0 unspecified atom stereocenters. The molecule has 4 aromatic carbocycles. The zero-order valence-corrected chi connectivity index (χ0v) is 36.6. The van der Waals surface area contributed by atoms with Crippen molar-refractivity contribution in [2.45, 2.75) is 92.8 Å². The molecule has 22 heteroatoms. The molecule has 9 rings (SSSR count). The molecule has 0 spiro atoms. The number of hydrogen-bond acceptors (Lipinski definition) is 18. The first kappa shape index (κ1) is 46.3. The van der Waals surface area contributed by atoms with E-state index in [2.05, 4.69) is 36.2 Å². The minimum atomic E-state index is -4.86. The Bertz CT molecular complexity index is 2970. The highest BCUT2D eigenvalue weighted by atomic mass is 35.5. The van der Waals surface area contributed by atoms with Gasteiger partial charge in [-0.25, -0.2) is 0 Å². The summed E-state index contributed by atoms with van der Waals surface area (Å²) in [6.07, 6.45) is 4.69. The maximum Gasteiger partial charge on any atom is 0.296 e.